The molecule has 3 fully saturated rings. The van der Waals surface area contributed by atoms with Gasteiger partial charge in [-0.05, 0) is 86.1 Å². The monoisotopic (exact) mass is 520 g/mol. The number of carbonyl (C=O) groups excluding carboxylic acids is 1. The van der Waals surface area contributed by atoms with Gasteiger partial charge < -0.3 is 9.32 Å². The van der Waals surface area contributed by atoms with Gasteiger partial charge >= 0.3 is 0 Å². The highest BCUT2D eigenvalue weighted by atomic mass is 32.2. The van der Waals surface area contributed by atoms with E-state index in [4.69, 9.17) is 4.42 Å². The van der Waals surface area contributed by atoms with Gasteiger partial charge in [-0.3, -0.25) is 4.79 Å². The van der Waals surface area contributed by atoms with Crippen molar-refractivity contribution in [3.63, 3.8) is 0 Å². The van der Waals surface area contributed by atoms with E-state index in [1.165, 1.54) is 4.31 Å². The van der Waals surface area contributed by atoms with E-state index in [1.54, 1.807) is 18.4 Å². The summed E-state index contributed by atoms with van der Waals surface area (Å²) in [7, 11) is -3.76. The second-order valence-corrected chi connectivity index (χ2v) is 14.0. The summed E-state index contributed by atoms with van der Waals surface area (Å²) in [4.78, 5) is 16.7. The van der Waals surface area contributed by atoms with Crippen LogP contribution in [-0.4, -0.2) is 42.2 Å². The minimum absolute atomic E-state index is 0.0371. The smallest absolute Gasteiger partial charge is 0.243 e. The van der Waals surface area contributed by atoms with Crippen LogP contribution in [0.15, 0.2) is 64.1 Å². The quantitative estimate of drug-likeness (QED) is 0.415. The van der Waals surface area contributed by atoms with Crippen LogP contribution in [0.1, 0.15) is 57.1 Å². The van der Waals surface area contributed by atoms with E-state index in [1.807, 2.05) is 42.2 Å². The van der Waals surface area contributed by atoms with E-state index in [2.05, 4.69) is 19.9 Å². The van der Waals surface area contributed by atoms with E-state index < -0.39 is 16.1 Å². The first-order valence-electron chi connectivity index (χ1n) is 13.5. The molecule has 1 aliphatic heterocycles. The van der Waals surface area contributed by atoms with Gasteiger partial charge in [0.05, 0.1) is 11.2 Å². The van der Waals surface area contributed by atoms with Crippen molar-refractivity contribution in [2.24, 2.45) is 17.3 Å². The van der Waals surface area contributed by atoms with E-state index in [-0.39, 0.29) is 34.1 Å². The van der Waals surface area contributed by atoms with E-state index in [0.717, 1.165) is 54.2 Å². The normalized spacial score (nSPS) is 25.8. The lowest BCUT2D eigenvalue weighted by molar-refractivity contribution is -0.139. The number of aryl methyl sites for hydroxylation is 1. The average molecular weight is 521 g/mol. The highest BCUT2D eigenvalue weighted by Crippen LogP contribution is 2.52. The Hall–Kier alpha value is -2.64. The van der Waals surface area contributed by atoms with Crippen LogP contribution in [0.25, 0.3) is 11.0 Å². The van der Waals surface area contributed by atoms with Gasteiger partial charge in [0.1, 0.15) is 11.6 Å². The van der Waals surface area contributed by atoms with Gasteiger partial charge in [0.2, 0.25) is 15.9 Å². The molecule has 0 bridgehead atoms. The largest absolute Gasteiger partial charge is 0.464 e. The molecular formula is C30H36N2O4S. The van der Waals surface area contributed by atoms with Crippen molar-refractivity contribution in [1.29, 1.82) is 0 Å². The number of amides is 1. The van der Waals surface area contributed by atoms with Crippen LogP contribution in [0.2, 0.25) is 0 Å². The van der Waals surface area contributed by atoms with Gasteiger partial charge in [0, 0.05) is 24.5 Å². The first-order valence-corrected chi connectivity index (χ1v) is 14.9. The van der Waals surface area contributed by atoms with Crippen LogP contribution in [0, 0.1) is 24.2 Å². The number of benzene rings is 2. The van der Waals surface area contributed by atoms with Gasteiger partial charge in [-0.2, -0.15) is 4.31 Å². The van der Waals surface area contributed by atoms with Crippen molar-refractivity contribution in [1.82, 2.24) is 9.21 Å². The van der Waals surface area contributed by atoms with Gasteiger partial charge in [0.15, 0.2) is 0 Å². The molecule has 1 saturated heterocycles. The summed E-state index contributed by atoms with van der Waals surface area (Å²) in [5.74, 6) is 0.355. The van der Waals surface area contributed by atoms with E-state index in [9.17, 15) is 13.2 Å². The number of sulfonamides is 1. The predicted molar refractivity (Wildman–Crippen MR) is 143 cm³/mol. The first kappa shape index (κ1) is 24.7. The summed E-state index contributed by atoms with van der Waals surface area (Å²) in [6.07, 6.45) is 6.60. The fourth-order valence-corrected chi connectivity index (χ4v) is 8.06. The summed E-state index contributed by atoms with van der Waals surface area (Å²) in [5.41, 5.74) is 3.10. The molecule has 196 valence electrons. The molecule has 37 heavy (non-hydrogen) atoms. The number of nitrogens with zero attached hydrogens (tertiary/aromatic N) is 2. The van der Waals surface area contributed by atoms with Crippen LogP contribution < -0.4 is 0 Å². The average Bonchev–Trinajstić information content (AvgIpc) is 3.29. The molecule has 1 aromatic heterocycles. The number of fused-ring (bicyclic) bond motifs is 2. The van der Waals surface area contributed by atoms with Crippen LogP contribution in [0.3, 0.4) is 0 Å². The zero-order valence-electron chi connectivity index (χ0n) is 21.9. The van der Waals surface area contributed by atoms with Crippen molar-refractivity contribution in [3.05, 3.63) is 65.9 Å². The number of hydrogen-bond acceptors (Lipinski definition) is 4. The highest BCUT2D eigenvalue weighted by molar-refractivity contribution is 7.89. The molecular weight excluding hydrogens is 484 g/mol. The molecule has 7 heteroatoms. The SMILES string of the molecule is Cc1ccc(S(=O)(=O)N2C[C@@H]3C[C@@H]3[C@H]2C(=O)N(Cc2ccc3ccoc3c2)C2CCC(C)(C)CC2)cc1. The Labute approximate surface area is 219 Å². The van der Waals surface area contributed by atoms with Crippen LogP contribution in [0.5, 0.6) is 0 Å². The molecule has 2 aliphatic carbocycles. The first-order chi connectivity index (χ1) is 17.6. The van der Waals surface area contributed by atoms with Crippen molar-refractivity contribution >= 4 is 26.9 Å². The fraction of sp³-hybridized carbons (Fsp3) is 0.500. The lowest BCUT2D eigenvalue weighted by Crippen LogP contribution is -2.53. The minimum Gasteiger partial charge on any atom is -0.464 e. The second-order valence-electron chi connectivity index (χ2n) is 12.1. The second kappa shape index (κ2) is 8.98. The molecule has 0 unspecified atom stereocenters. The molecule has 2 aromatic carbocycles. The third-order valence-corrected chi connectivity index (χ3v) is 10.8. The number of hydrogen-bond donors (Lipinski definition) is 0. The fourth-order valence-electron chi connectivity index (χ4n) is 6.37. The number of rotatable bonds is 6. The molecule has 6 nitrogen and oxygen atoms in total. The van der Waals surface area contributed by atoms with Crippen LogP contribution in [-0.2, 0) is 21.4 Å². The molecule has 2 saturated carbocycles. The zero-order chi connectivity index (χ0) is 25.9. The van der Waals surface area contributed by atoms with Gasteiger partial charge in [-0.25, -0.2) is 8.42 Å². The van der Waals surface area contributed by atoms with E-state index in [0.29, 0.717) is 13.1 Å². The highest BCUT2D eigenvalue weighted by Gasteiger charge is 2.60. The zero-order valence-corrected chi connectivity index (χ0v) is 22.7. The lowest BCUT2D eigenvalue weighted by Gasteiger charge is -2.42. The van der Waals surface area contributed by atoms with Gasteiger partial charge in [-0.15, -0.1) is 0 Å². The summed E-state index contributed by atoms with van der Waals surface area (Å²) < 4.78 is 34.6. The Kier molecular flexibility index (Phi) is 5.99. The maximum atomic E-state index is 14.4. The predicted octanol–water partition coefficient (Wildman–Crippen LogP) is 5.75. The minimum atomic E-state index is -3.76. The molecule has 3 aliphatic rings. The number of furan rings is 1. The standard InChI is InChI=1S/C30H36N2O4S/c1-20-4-8-25(9-5-20)37(34,35)32-19-23-17-26(23)28(32)29(33)31(24-10-13-30(2,3)14-11-24)18-21-6-7-22-12-15-36-27(22)16-21/h4-9,12,15-16,23-24,26,28H,10-11,13-14,17-19H2,1-3H3/t23-,26-,28-/m0/s1. The Morgan fingerprint density at radius 3 is 2.54 bits per heavy atom. The maximum absolute atomic E-state index is 14.4. The molecule has 6 rings (SSSR count). The Balaban J connectivity index is 1.32. The molecule has 3 aromatic rings. The molecule has 0 N–H and O–H groups in total. The summed E-state index contributed by atoms with van der Waals surface area (Å²) in [6, 6.07) is 14.5. The Morgan fingerprint density at radius 1 is 1.08 bits per heavy atom. The van der Waals surface area contributed by atoms with Crippen LogP contribution >= 0.6 is 0 Å². The Bertz CT molecular complexity index is 1420. The molecule has 2 heterocycles. The molecule has 0 radical (unpaired) electrons. The third kappa shape index (κ3) is 4.61. The number of carbonyl (C=O) groups is 1. The Morgan fingerprint density at radius 2 is 1.81 bits per heavy atom. The summed E-state index contributed by atoms with van der Waals surface area (Å²) >= 11 is 0. The van der Waals surface area contributed by atoms with E-state index >= 15 is 0 Å². The lowest BCUT2D eigenvalue weighted by atomic mass is 9.75. The summed E-state index contributed by atoms with van der Waals surface area (Å²) in [5, 5.41) is 1.04. The van der Waals surface area contributed by atoms with Crippen LogP contribution in [0.4, 0.5) is 0 Å². The topological polar surface area (TPSA) is 70.8 Å². The van der Waals surface area contributed by atoms with Gasteiger partial charge in [-0.1, -0.05) is 43.7 Å². The van der Waals surface area contributed by atoms with Crippen molar-refractivity contribution in [2.75, 3.05) is 6.54 Å². The third-order valence-electron chi connectivity index (χ3n) is 8.89. The van der Waals surface area contributed by atoms with Crippen molar-refractivity contribution in [2.45, 2.75) is 76.4 Å². The number of piperidine rings is 1. The molecule has 0 spiro atoms. The molecule has 1 amide bonds. The van der Waals surface area contributed by atoms with Crippen molar-refractivity contribution in [3.8, 4) is 0 Å². The molecule has 3 atom stereocenters. The summed E-state index contributed by atoms with van der Waals surface area (Å²) in [6.45, 7) is 7.43. The van der Waals surface area contributed by atoms with Crippen molar-refractivity contribution < 1.29 is 17.6 Å². The maximum Gasteiger partial charge on any atom is 0.243 e. The van der Waals surface area contributed by atoms with Gasteiger partial charge in [0.25, 0.3) is 0 Å².